The summed E-state index contributed by atoms with van der Waals surface area (Å²) in [6.07, 6.45) is -2.99. The second-order valence-corrected chi connectivity index (χ2v) is 1.91. The van der Waals surface area contributed by atoms with Crippen LogP contribution in [0, 0.1) is 0 Å². The molecule has 0 spiro atoms. The van der Waals surface area contributed by atoms with Gasteiger partial charge >= 0.3 is 0 Å². The van der Waals surface area contributed by atoms with Crippen LogP contribution in [0.4, 0.5) is 17.6 Å². The Kier molecular flexibility index (Phi) is 1.09. The van der Waals surface area contributed by atoms with Crippen molar-refractivity contribution in [3.05, 3.63) is 11.1 Å². The summed E-state index contributed by atoms with van der Waals surface area (Å²) in [4.78, 5) is 0. The fraction of sp³-hybridized carbons (Fsp3) is 0.600. The van der Waals surface area contributed by atoms with E-state index in [-0.39, 0.29) is 0 Å². The highest BCUT2D eigenvalue weighted by molar-refractivity contribution is 5.48. The summed E-state index contributed by atoms with van der Waals surface area (Å²) in [6.45, 7) is 1.02. The summed E-state index contributed by atoms with van der Waals surface area (Å²) in [5, 5.41) is 0. The molecule has 0 radical (unpaired) electrons. The molecule has 0 heterocycles. The Morgan fingerprint density at radius 2 is 1.67 bits per heavy atom. The topological polar surface area (TPSA) is 0 Å². The van der Waals surface area contributed by atoms with E-state index in [1.165, 1.54) is 0 Å². The van der Waals surface area contributed by atoms with Crippen molar-refractivity contribution < 1.29 is 17.6 Å². The third-order valence-corrected chi connectivity index (χ3v) is 1.37. The molecule has 0 aliphatic heterocycles. The van der Waals surface area contributed by atoms with Gasteiger partial charge < -0.3 is 0 Å². The van der Waals surface area contributed by atoms with Crippen molar-refractivity contribution in [2.24, 2.45) is 0 Å². The molecule has 0 amide bonds. The number of halogens is 4. The van der Waals surface area contributed by atoms with Crippen molar-refractivity contribution in [3.8, 4) is 0 Å². The van der Waals surface area contributed by atoms with Crippen LogP contribution in [0.5, 0.6) is 0 Å². The Labute approximate surface area is 49.2 Å². The Balaban J connectivity index is 2.68. The zero-order valence-corrected chi connectivity index (χ0v) is 4.59. The van der Waals surface area contributed by atoms with E-state index >= 15 is 0 Å². The van der Waals surface area contributed by atoms with Crippen LogP contribution in [-0.4, -0.2) is 12.3 Å². The number of alkyl halides is 4. The van der Waals surface area contributed by atoms with Crippen molar-refractivity contribution >= 4 is 0 Å². The summed E-state index contributed by atoms with van der Waals surface area (Å²) >= 11 is 0. The van der Waals surface area contributed by atoms with Gasteiger partial charge in [0, 0.05) is 5.57 Å². The fourth-order valence-electron chi connectivity index (χ4n) is 0.668. The molecular weight excluding hydrogens is 136 g/mol. The molecule has 1 aliphatic rings. The van der Waals surface area contributed by atoms with Crippen molar-refractivity contribution in [2.45, 2.75) is 19.3 Å². The van der Waals surface area contributed by atoms with Gasteiger partial charge in [-0.15, -0.1) is 0 Å². The predicted molar refractivity (Wildman–Crippen MR) is 23.7 cm³/mol. The smallest absolute Gasteiger partial charge is 0.205 e. The molecule has 0 unspecified atom stereocenters. The van der Waals surface area contributed by atoms with Crippen LogP contribution < -0.4 is 0 Å². The highest BCUT2D eigenvalue weighted by Crippen LogP contribution is 2.51. The van der Waals surface area contributed by atoms with Gasteiger partial charge in [-0.1, -0.05) is 0 Å². The molecule has 0 aromatic heterocycles. The van der Waals surface area contributed by atoms with E-state index in [1.807, 2.05) is 0 Å². The zero-order valence-electron chi connectivity index (χ0n) is 4.59. The molecule has 1 rings (SSSR count). The van der Waals surface area contributed by atoms with Gasteiger partial charge in [0.25, 0.3) is 12.3 Å². The summed E-state index contributed by atoms with van der Waals surface area (Å²) in [5.74, 6) is -3.27. The van der Waals surface area contributed by atoms with E-state index in [0.29, 0.717) is 0 Å². The quantitative estimate of drug-likeness (QED) is 0.387. The number of rotatable bonds is 1. The van der Waals surface area contributed by atoms with Crippen LogP contribution in [0.2, 0.25) is 0 Å². The maximum atomic E-state index is 11.9. The minimum absolute atomic E-state index is 0.475. The lowest BCUT2D eigenvalue weighted by atomic mass is 10.5. The second kappa shape index (κ2) is 1.49. The van der Waals surface area contributed by atoms with Gasteiger partial charge in [-0.05, 0) is 6.92 Å². The predicted octanol–water partition coefficient (Wildman–Crippen LogP) is 2.22. The molecule has 0 aromatic rings. The van der Waals surface area contributed by atoms with Crippen LogP contribution in [-0.2, 0) is 0 Å². The third-order valence-electron chi connectivity index (χ3n) is 1.37. The summed E-state index contributed by atoms with van der Waals surface area (Å²) in [6, 6.07) is 0. The Hall–Kier alpha value is -0.540. The van der Waals surface area contributed by atoms with Crippen molar-refractivity contribution in [3.63, 3.8) is 0 Å². The normalized spacial score (nSPS) is 23.3. The van der Waals surface area contributed by atoms with Gasteiger partial charge in [0.15, 0.2) is 0 Å². The first kappa shape index (κ1) is 6.58. The first-order valence-electron chi connectivity index (χ1n) is 2.35. The molecule has 1 aliphatic carbocycles. The number of hydrogen-bond acceptors (Lipinski definition) is 0. The van der Waals surface area contributed by atoms with Crippen LogP contribution in [0.15, 0.2) is 11.1 Å². The molecule has 9 heavy (non-hydrogen) atoms. The monoisotopic (exact) mass is 140 g/mol. The Morgan fingerprint density at radius 3 is 1.67 bits per heavy atom. The van der Waals surface area contributed by atoms with Gasteiger partial charge in [0.2, 0.25) is 0 Å². The second-order valence-electron chi connectivity index (χ2n) is 1.91. The largest absolute Gasteiger partial charge is 0.296 e. The van der Waals surface area contributed by atoms with Gasteiger partial charge in [-0.25, -0.2) is 8.78 Å². The molecule has 52 valence electrons. The van der Waals surface area contributed by atoms with Gasteiger partial charge in [0.05, 0.1) is 5.57 Å². The summed E-state index contributed by atoms with van der Waals surface area (Å²) in [5.41, 5.74) is -1.47. The molecule has 0 N–H and O–H groups in total. The molecule has 0 nitrogen and oxygen atoms in total. The molecule has 0 fully saturated rings. The maximum absolute atomic E-state index is 11.9. The van der Waals surface area contributed by atoms with Crippen LogP contribution in [0.1, 0.15) is 6.92 Å². The molecular formula is C5H4F4. The van der Waals surface area contributed by atoms with E-state index in [1.54, 1.807) is 0 Å². The average Bonchev–Trinajstić information content (AvgIpc) is 2.07. The van der Waals surface area contributed by atoms with Crippen molar-refractivity contribution in [1.29, 1.82) is 0 Å². The molecule has 0 saturated heterocycles. The van der Waals surface area contributed by atoms with E-state index < -0.39 is 23.5 Å². The van der Waals surface area contributed by atoms with Crippen molar-refractivity contribution in [1.82, 2.24) is 0 Å². The lowest BCUT2D eigenvalue weighted by Gasteiger charge is -1.93. The van der Waals surface area contributed by atoms with E-state index in [0.717, 1.165) is 6.92 Å². The lowest BCUT2D eigenvalue weighted by molar-refractivity contribution is 0.0951. The van der Waals surface area contributed by atoms with Gasteiger partial charge in [-0.2, -0.15) is 8.78 Å². The van der Waals surface area contributed by atoms with Crippen LogP contribution in [0.25, 0.3) is 0 Å². The molecule has 0 bridgehead atoms. The Morgan fingerprint density at radius 1 is 1.33 bits per heavy atom. The van der Waals surface area contributed by atoms with Crippen LogP contribution >= 0.6 is 0 Å². The zero-order chi connectivity index (χ0) is 7.23. The summed E-state index contributed by atoms with van der Waals surface area (Å²) in [7, 11) is 0. The summed E-state index contributed by atoms with van der Waals surface area (Å²) < 4.78 is 46.6. The lowest BCUT2D eigenvalue weighted by Crippen LogP contribution is -2.01. The molecule has 0 aromatic carbocycles. The standard InChI is InChI=1S/C5H4F4/c1-2-3(4(6)7)5(2,8)9/h4H,1H3. The maximum Gasteiger partial charge on any atom is 0.296 e. The average molecular weight is 140 g/mol. The fourth-order valence-corrected chi connectivity index (χ4v) is 0.668. The van der Waals surface area contributed by atoms with E-state index in [9.17, 15) is 17.6 Å². The highest BCUT2D eigenvalue weighted by atomic mass is 19.3. The molecule has 0 atom stereocenters. The molecule has 0 saturated carbocycles. The minimum atomic E-state index is -3.27. The minimum Gasteiger partial charge on any atom is -0.205 e. The van der Waals surface area contributed by atoms with E-state index in [2.05, 4.69) is 0 Å². The van der Waals surface area contributed by atoms with Gasteiger partial charge in [0.1, 0.15) is 0 Å². The first-order valence-corrected chi connectivity index (χ1v) is 2.35. The highest BCUT2D eigenvalue weighted by Gasteiger charge is 2.57. The first-order chi connectivity index (χ1) is 3.98. The molecule has 4 heteroatoms. The number of allylic oxidation sites excluding steroid dienone is 2. The Bertz CT molecular complexity index is 168. The SMILES string of the molecule is CC1=C(C(F)F)C1(F)F. The van der Waals surface area contributed by atoms with E-state index in [4.69, 9.17) is 0 Å². The van der Waals surface area contributed by atoms with Crippen LogP contribution in [0.3, 0.4) is 0 Å². The van der Waals surface area contributed by atoms with Gasteiger partial charge in [-0.3, -0.25) is 0 Å². The third kappa shape index (κ3) is 0.730. The van der Waals surface area contributed by atoms with Crippen molar-refractivity contribution in [2.75, 3.05) is 0 Å². The number of hydrogen-bond donors (Lipinski definition) is 0.